The number of aryl methyl sites for hydroxylation is 2. The lowest BCUT2D eigenvalue weighted by molar-refractivity contribution is 1.25. The molecular formula is C6H8BrN. The second-order valence-corrected chi connectivity index (χ2v) is 2.70. The van der Waals surface area contributed by atoms with Gasteiger partial charge in [-0.1, -0.05) is 0 Å². The van der Waals surface area contributed by atoms with Crippen molar-refractivity contribution in [3.05, 3.63) is 21.9 Å². The normalized spacial score (nSPS) is 9.88. The number of H-pyrrole nitrogens is 1. The van der Waals surface area contributed by atoms with E-state index in [1.54, 1.807) is 0 Å². The van der Waals surface area contributed by atoms with Gasteiger partial charge in [0.05, 0.1) is 0 Å². The van der Waals surface area contributed by atoms with E-state index in [4.69, 9.17) is 0 Å². The molecule has 1 nitrogen and oxygen atoms in total. The van der Waals surface area contributed by atoms with Crippen molar-refractivity contribution in [3.63, 3.8) is 0 Å². The van der Waals surface area contributed by atoms with Gasteiger partial charge in [-0.2, -0.15) is 0 Å². The van der Waals surface area contributed by atoms with Crippen LogP contribution in [-0.2, 0) is 0 Å². The first kappa shape index (κ1) is 5.89. The molecule has 1 aromatic rings. The molecule has 0 saturated carbocycles. The van der Waals surface area contributed by atoms with Crippen molar-refractivity contribution in [2.24, 2.45) is 0 Å². The van der Waals surface area contributed by atoms with Crippen LogP contribution < -0.4 is 0 Å². The van der Waals surface area contributed by atoms with Crippen molar-refractivity contribution in [1.82, 2.24) is 4.98 Å². The number of hydrogen-bond acceptors (Lipinski definition) is 0. The summed E-state index contributed by atoms with van der Waals surface area (Å²) in [4.78, 5) is 3.09. The lowest BCUT2D eigenvalue weighted by atomic mass is 10.4. The zero-order chi connectivity index (χ0) is 6.15. The van der Waals surface area contributed by atoms with E-state index in [1.165, 1.54) is 15.7 Å². The Balaban J connectivity index is 3.19. The molecule has 0 fully saturated rings. The Morgan fingerprint density at radius 2 is 2.12 bits per heavy atom. The minimum atomic E-state index is 1.19. The smallest absolute Gasteiger partial charge is 0.0408 e. The van der Waals surface area contributed by atoms with E-state index < -0.39 is 0 Å². The summed E-state index contributed by atoms with van der Waals surface area (Å²) < 4.78 is 1.19. The summed E-state index contributed by atoms with van der Waals surface area (Å²) in [5.41, 5.74) is 2.46. The van der Waals surface area contributed by atoms with Gasteiger partial charge in [0.2, 0.25) is 0 Å². The van der Waals surface area contributed by atoms with Crippen molar-refractivity contribution < 1.29 is 0 Å². The maximum atomic E-state index is 3.42. The maximum absolute atomic E-state index is 3.42. The molecule has 1 N–H and O–H groups in total. The van der Waals surface area contributed by atoms with Gasteiger partial charge in [0.15, 0.2) is 0 Å². The van der Waals surface area contributed by atoms with Crippen molar-refractivity contribution in [2.45, 2.75) is 13.8 Å². The van der Waals surface area contributed by atoms with Crippen LogP contribution in [-0.4, -0.2) is 4.98 Å². The summed E-state index contributed by atoms with van der Waals surface area (Å²) in [5.74, 6) is 0. The molecule has 8 heavy (non-hydrogen) atoms. The van der Waals surface area contributed by atoms with Crippen molar-refractivity contribution in [2.75, 3.05) is 0 Å². The highest BCUT2D eigenvalue weighted by atomic mass is 79.9. The van der Waals surface area contributed by atoms with Crippen molar-refractivity contribution in [1.29, 1.82) is 0 Å². The Morgan fingerprint density at radius 1 is 1.50 bits per heavy atom. The predicted molar refractivity (Wildman–Crippen MR) is 38.0 cm³/mol. The van der Waals surface area contributed by atoms with Gasteiger partial charge >= 0.3 is 0 Å². The molecule has 44 valence electrons. The number of halogens is 1. The zero-order valence-corrected chi connectivity index (χ0v) is 6.54. The summed E-state index contributed by atoms with van der Waals surface area (Å²) in [6.07, 6.45) is 1.99. The minimum absolute atomic E-state index is 1.19. The summed E-state index contributed by atoms with van der Waals surface area (Å²) in [6, 6.07) is 0. The summed E-state index contributed by atoms with van der Waals surface area (Å²) in [7, 11) is 0. The van der Waals surface area contributed by atoms with Gasteiger partial charge in [-0.3, -0.25) is 0 Å². The van der Waals surface area contributed by atoms with Crippen LogP contribution >= 0.6 is 15.9 Å². The Bertz CT molecular complexity index is 171. The molecule has 1 aromatic heterocycles. The minimum Gasteiger partial charge on any atom is -0.364 e. The lowest BCUT2D eigenvalue weighted by Crippen LogP contribution is -1.66. The molecule has 0 unspecified atom stereocenters. The molecular weight excluding hydrogens is 166 g/mol. The Labute approximate surface area is 57.2 Å². The molecule has 1 heterocycles. The van der Waals surface area contributed by atoms with Crippen LogP contribution in [0.15, 0.2) is 10.7 Å². The molecule has 0 bridgehead atoms. The molecule has 0 aliphatic heterocycles. The molecule has 0 radical (unpaired) electrons. The van der Waals surface area contributed by atoms with Gasteiger partial charge in [0.25, 0.3) is 0 Å². The van der Waals surface area contributed by atoms with E-state index in [0.717, 1.165) is 0 Å². The van der Waals surface area contributed by atoms with E-state index in [0.29, 0.717) is 0 Å². The number of rotatable bonds is 0. The van der Waals surface area contributed by atoms with Gasteiger partial charge < -0.3 is 4.98 Å². The number of nitrogens with one attached hydrogen (secondary N) is 1. The second-order valence-electron chi connectivity index (χ2n) is 1.91. The highest BCUT2D eigenvalue weighted by molar-refractivity contribution is 9.10. The molecule has 0 aliphatic rings. The van der Waals surface area contributed by atoms with Gasteiger partial charge in [-0.15, -0.1) is 0 Å². The SMILES string of the molecule is Cc1c[nH]c(C)c1Br. The quantitative estimate of drug-likeness (QED) is 0.621. The Morgan fingerprint density at radius 3 is 2.25 bits per heavy atom. The Kier molecular flexibility index (Phi) is 1.43. The van der Waals surface area contributed by atoms with Gasteiger partial charge in [0.1, 0.15) is 0 Å². The molecule has 0 atom stereocenters. The van der Waals surface area contributed by atoms with Gasteiger partial charge in [-0.05, 0) is 35.3 Å². The first-order chi connectivity index (χ1) is 3.72. The summed E-state index contributed by atoms with van der Waals surface area (Å²) in [5, 5.41) is 0. The lowest BCUT2D eigenvalue weighted by Gasteiger charge is -1.84. The first-order valence-electron chi connectivity index (χ1n) is 2.52. The molecule has 2 heteroatoms. The van der Waals surface area contributed by atoms with Crippen LogP contribution in [0.5, 0.6) is 0 Å². The molecule has 0 amide bonds. The highest BCUT2D eigenvalue weighted by Gasteiger charge is 1.96. The monoisotopic (exact) mass is 173 g/mol. The molecule has 0 saturated heterocycles. The van der Waals surface area contributed by atoms with Crippen molar-refractivity contribution in [3.8, 4) is 0 Å². The third-order valence-electron chi connectivity index (χ3n) is 1.18. The van der Waals surface area contributed by atoms with Crippen LogP contribution in [0, 0.1) is 13.8 Å². The van der Waals surface area contributed by atoms with Crippen LogP contribution in [0.25, 0.3) is 0 Å². The standard InChI is InChI=1S/C6H8BrN/c1-4-3-8-5(2)6(4)7/h3,8H,1-2H3. The molecule has 0 aliphatic carbocycles. The van der Waals surface area contributed by atoms with Gasteiger partial charge in [0, 0.05) is 16.4 Å². The average Bonchev–Trinajstić information content (AvgIpc) is 1.98. The average molecular weight is 174 g/mol. The van der Waals surface area contributed by atoms with Crippen LogP contribution in [0.3, 0.4) is 0 Å². The van der Waals surface area contributed by atoms with E-state index in [-0.39, 0.29) is 0 Å². The van der Waals surface area contributed by atoms with Crippen molar-refractivity contribution >= 4 is 15.9 Å². The fourth-order valence-corrected chi connectivity index (χ4v) is 0.868. The molecule has 0 aromatic carbocycles. The van der Waals surface area contributed by atoms with Crippen LogP contribution in [0.1, 0.15) is 11.3 Å². The topological polar surface area (TPSA) is 15.8 Å². The van der Waals surface area contributed by atoms with E-state index >= 15 is 0 Å². The maximum Gasteiger partial charge on any atom is 0.0408 e. The van der Waals surface area contributed by atoms with Crippen LogP contribution in [0.4, 0.5) is 0 Å². The second kappa shape index (κ2) is 1.94. The first-order valence-corrected chi connectivity index (χ1v) is 3.31. The summed E-state index contributed by atoms with van der Waals surface area (Å²) >= 11 is 3.42. The number of aromatic nitrogens is 1. The van der Waals surface area contributed by atoms with E-state index in [9.17, 15) is 0 Å². The number of aromatic amines is 1. The third-order valence-corrected chi connectivity index (χ3v) is 2.40. The van der Waals surface area contributed by atoms with E-state index in [2.05, 4.69) is 27.8 Å². The predicted octanol–water partition coefficient (Wildman–Crippen LogP) is 2.39. The van der Waals surface area contributed by atoms with E-state index in [1.807, 2.05) is 13.1 Å². The molecule has 0 spiro atoms. The largest absolute Gasteiger partial charge is 0.364 e. The fourth-order valence-electron chi connectivity index (χ4n) is 0.639. The van der Waals surface area contributed by atoms with Gasteiger partial charge in [-0.25, -0.2) is 0 Å². The summed E-state index contributed by atoms with van der Waals surface area (Å²) in [6.45, 7) is 4.10. The fraction of sp³-hybridized carbons (Fsp3) is 0.333. The van der Waals surface area contributed by atoms with Crippen LogP contribution in [0.2, 0.25) is 0 Å². The molecule has 1 rings (SSSR count). The third kappa shape index (κ3) is 0.802. The zero-order valence-electron chi connectivity index (χ0n) is 4.96. The Hall–Kier alpha value is -0.240. The highest BCUT2D eigenvalue weighted by Crippen LogP contribution is 2.18. The number of hydrogen-bond donors (Lipinski definition) is 1.